The molecule has 1 saturated heterocycles. The predicted octanol–water partition coefficient (Wildman–Crippen LogP) is 2.68. The van der Waals surface area contributed by atoms with E-state index in [-0.39, 0.29) is 24.0 Å². The van der Waals surface area contributed by atoms with Gasteiger partial charge in [0.15, 0.2) is 5.96 Å². The summed E-state index contributed by atoms with van der Waals surface area (Å²) >= 11 is 0. The summed E-state index contributed by atoms with van der Waals surface area (Å²) in [7, 11) is 0. The first kappa shape index (κ1) is 17.2. The van der Waals surface area contributed by atoms with E-state index in [9.17, 15) is 0 Å². The molecular formula is C15H25IN4. The molecule has 1 heterocycles. The maximum Gasteiger partial charge on any atom is 0.193 e. The number of guanidine groups is 1. The van der Waals surface area contributed by atoms with E-state index in [2.05, 4.69) is 41.2 Å². The van der Waals surface area contributed by atoms with Gasteiger partial charge in [0.05, 0.1) is 0 Å². The Hall–Kier alpha value is -0.820. The van der Waals surface area contributed by atoms with Crippen LogP contribution in [0.15, 0.2) is 29.3 Å². The van der Waals surface area contributed by atoms with E-state index in [0.29, 0.717) is 11.9 Å². The highest BCUT2D eigenvalue weighted by molar-refractivity contribution is 14.0. The van der Waals surface area contributed by atoms with E-state index >= 15 is 0 Å². The highest BCUT2D eigenvalue weighted by Crippen LogP contribution is 2.16. The summed E-state index contributed by atoms with van der Waals surface area (Å²) in [5.74, 6) is 1.17. The van der Waals surface area contributed by atoms with Crippen molar-refractivity contribution in [2.24, 2.45) is 16.6 Å². The second-order valence-corrected chi connectivity index (χ2v) is 5.27. The van der Waals surface area contributed by atoms with Gasteiger partial charge in [0.1, 0.15) is 0 Å². The molecule has 0 saturated carbocycles. The van der Waals surface area contributed by atoms with Crippen molar-refractivity contribution in [3.8, 4) is 0 Å². The molecule has 2 rings (SSSR count). The number of aliphatic imine (C=N–C) groups is 1. The maximum atomic E-state index is 5.93. The third-order valence-electron chi connectivity index (χ3n) is 3.63. The van der Waals surface area contributed by atoms with Crippen LogP contribution in [0.2, 0.25) is 0 Å². The highest BCUT2D eigenvalue weighted by atomic mass is 127. The van der Waals surface area contributed by atoms with Crippen LogP contribution in [-0.2, 0) is 0 Å². The van der Waals surface area contributed by atoms with Crippen LogP contribution in [-0.4, -0.2) is 37.0 Å². The molecule has 20 heavy (non-hydrogen) atoms. The normalized spacial score (nSPS) is 19.7. The minimum atomic E-state index is 0. The van der Waals surface area contributed by atoms with Crippen LogP contribution < -0.4 is 11.1 Å². The van der Waals surface area contributed by atoms with Crippen molar-refractivity contribution in [3.05, 3.63) is 29.8 Å². The van der Waals surface area contributed by atoms with Crippen LogP contribution in [0.1, 0.15) is 18.9 Å². The molecule has 0 aromatic heterocycles. The molecule has 3 N–H and O–H groups in total. The van der Waals surface area contributed by atoms with Crippen LogP contribution in [0.25, 0.3) is 0 Å². The predicted molar refractivity (Wildman–Crippen MR) is 96.9 cm³/mol. The van der Waals surface area contributed by atoms with Crippen LogP contribution in [0.3, 0.4) is 0 Å². The molecule has 0 spiro atoms. The molecule has 4 nitrogen and oxygen atoms in total. The van der Waals surface area contributed by atoms with Gasteiger partial charge in [-0.15, -0.1) is 24.0 Å². The summed E-state index contributed by atoms with van der Waals surface area (Å²) < 4.78 is 0. The van der Waals surface area contributed by atoms with Gasteiger partial charge in [-0.3, -0.25) is 4.99 Å². The number of hydrogen-bond acceptors (Lipinski definition) is 2. The van der Waals surface area contributed by atoms with Crippen molar-refractivity contribution in [3.63, 3.8) is 0 Å². The Labute approximate surface area is 138 Å². The van der Waals surface area contributed by atoms with E-state index < -0.39 is 0 Å². The van der Waals surface area contributed by atoms with E-state index in [1.807, 2.05) is 12.1 Å². The number of hydrogen-bond donors (Lipinski definition) is 2. The first-order chi connectivity index (χ1) is 9.17. The lowest BCUT2D eigenvalue weighted by atomic mass is 10.1. The lowest BCUT2D eigenvalue weighted by Gasteiger charge is -2.12. The van der Waals surface area contributed by atoms with Gasteiger partial charge < -0.3 is 16.0 Å². The van der Waals surface area contributed by atoms with Crippen molar-refractivity contribution in [1.29, 1.82) is 0 Å². The zero-order valence-electron chi connectivity index (χ0n) is 12.3. The summed E-state index contributed by atoms with van der Waals surface area (Å²) in [4.78, 5) is 6.92. The van der Waals surface area contributed by atoms with Gasteiger partial charge in [-0.25, -0.2) is 0 Å². The van der Waals surface area contributed by atoms with Gasteiger partial charge in [-0.05, 0) is 50.0 Å². The second-order valence-electron chi connectivity index (χ2n) is 5.27. The van der Waals surface area contributed by atoms with Gasteiger partial charge in [-0.2, -0.15) is 0 Å². The minimum absolute atomic E-state index is 0. The molecule has 1 fully saturated rings. The Bertz CT molecular complexity index is 447. The number of benzene rings is 1. The molecule has 0 amide bonds. The standard InChI is InChI=1S/C15H24N4.HI/c1-3-19-8-7-13(11-19)10-17-15(16)18-14-6-4-5-12(2)9-14;/h4-6,9,13H,3,7-8,10-11H2,1-2H3,(H3,16,17,18);1H. The molecule has 1 atom stereocenters. The second kappa shape index (κ2) is 8.46. The Kier molecular flexibility index (Phi) is 7.29. The summed E-state index contributed by atoms with van der Waals surface area (Å²) in [6.45, 7) is 8.58. The summed E-state index contributed by atoms with van der Waals surface area (Å²) in [6, 6.07) is 8.15. The van der Waals surface area contributed by atoms with Crippen LogP contribution >= 0.6 is 24.0 Å². The molecule has 1 aliphatic rings. The van der Waals surface area contributed by atoms with Crippen molar-refractivity contribution in [2.75, 3.05) is 31.5 Å². The molecule has 0 radical (unpaired) electrons. The molecule has 1 unspecified atom stereocenters. The zero-order chi connectivity index (χ0) is 13.7. The molecule has 0 aliphatic carbocycles. The number of anilines is 1. The number of likely N-dealkylation sites (tertiary alicyclic amines) is 1. The van der Waals surface area contributed by atoms with Gasteiger partial charge >= 0.3 is 0 Å². The summed E-state index contributed by atoms with van der Waals surface area (Å²) in [5, 5.41) is 3.15. The molecule has 112 valence electrons. The maximum absolute atomic E-state index is 5.93. The molecule has 5 heteroatoms. The monoisotopic (exact) mass is 388 g/mol. The van der Waals surface area contributed by atoms with Gasteiger partial charge in [-0.1, -0.05) is 19.1 Å². The van der Waals surface area contributed by atoms with Gasteiger partial charge in [0, 0.05) is 18.8 Å². The van der Waals surface area contributed by atoms with E-state index in [1.165, 1.54) is 18.5 Å². The first-order valence-corrected chi connectivity index (χ1v) is 7.03. The first-order valence-electron chi connectivity index (χ1n) is 7.03. The largest absolute Gasteiger partial charge is 0.370 e. The highest BCUT2D eigenvalue weighted by Gasteiger charge is 2.20. The van der Waals surface area contributed by atoms with Crippen LogP contribution in [0.4, 0.5) is 5.69 Å². The zero-order valence-corrected chi connectivity index (χ0v) is 14.6. The molecular weight excluding hydrogens is 363 g/mol. The van der Waals surface area contributed by atoms with Crippen molar-refractivity contribution in [1.82, 2.24) is 4.90 Å². The van der Waals surface area contributed by atoms with Crippen LogP contribution in [0, 0.1) is 12.8 Å². The molecule has 1 aromatic rings. The fraction of sp³-hybridized carbons (Fsp3) is 0.533. The Morgan fingerprint density at radius 1 is 1.50 bits per heavy atom. The quantitative estimate of drug-likeness (QED) is 0.474. The molecule has 0 bridgehead atoms. The SMILES string of the molecule is CCN1CCC(CN=C(N)Nc2cccc(C)c2)C1.I. The summed E-state index contributed by atoms with van der Waals surface area (Å²) in [6.07, 6.45) is 1.23. The fourth-order valence-electron chi connectivity index (χ4n) is 2.49. The van der Waals surface area contributed by atoms with Crippen molar-refractivity contribution >= 4 is 35.6 Å². The Morgan fingerprint density at radius 2 is 2.30 bits per heavy atom. The number of nitrogens with zero attached hydrogens (tertiary/aromatic N) is 2. The minimum Gasteiger partial charge on any atom is -0.370 e. The average molecular weight is 388 g/mol. The van der Waals surface area contributed by atoms with Crippen molar-refractivity contribution in [2.45, 2.75) is 20.3 Å². The smallest absolute Gasteiger partial charge is 0.193 e. The lowest BCUT2D eigenvalue weighted by molar-refractivity contribution is 0.344. The number of halogens is 1. The van der Waals surface area contributed by atoms with Gasteiger partial charge in [0.2, 0.25) is 0 Å². The molecule has 1 aromatic carbocycles. The summed E-state index contributed by atoms with van der Waals surface area (Å²) in [5.41, 5.74) is 8.14. The molecule has 1 aliphatic heterocycles. The van der Waals surface area contributed by atoms with Crippen LogP contribution in [0.5, 0.6) is 0 Å². The number of nitrogens with one attached hydrogen (secondary N) is 1. The Morgan fingerprint density at radius 3 is 2.95 bits per heavy atom. The Balaban J connectivity index is 0.00000200. The van der Waals surface area contributed by atoms with Crippen molar-refractivity contribution < 1.29 is 0 Å². The third-order valence-corrected chi connectivity index (χ3v) is 3.63. The third kappa shape index (κ3) is 5.28. The number of aryl methyl sites for hydroxylation is 1. The number of nitrogens with two attached hydrogens (primary N) is 1. The van der Waals surface area contributed by atoms with E-state index in [1.54, 1.807) is 0 Å². The lowest BCUT2D eigenvalue weighted by Crippen LogP contribution is -2.25. The van der Waals surface area contributed by atoms with Gasteiger partial charge in [0.25, 0.3) is 0 Å². The fourth-order valence-corrected chi connectivity index (χ4v) is 2.49. The average Bonchev–Trinajstić information content (AvgIpc) is 2.84. The topological polar surface area (TPSA) is 53.6 Å². The number of rotatable bonds is 4. The van der Waals surface area contributed by atoms with E-state index in [0.717, 1.165) is 25.3 Å². The van der Waals surface area contributed by atoms with E-state index in [4.69, 9.17) is 5.73 Å².